The van der Waals surface area contributed by atoms with Gasteiger partial charge < -0.3 is 9.67 Å². The Morgan fingerprint density at radius 3 is 2.58 bits per heavy atom. The van der Waals surface area contributed by atoms with E-state index in [0.29, 0.717) is 5.56 Å². The molecule has 3 heteroatoms. The smallest absolute Gasteiger partial charge is 0.293 e. The summed E-state index contributed by atoms with van der Waals surface area (Å²) in [5, 5.41) is 9.30. The van der Waals surface area contributed by atoms with Gasteiger partial charge >= 0.3 is 0 Å². The molecule has 1 aromatic heterocycles. The van der Waals surface area contributed by atoms with Crippen molar-refractivity contribution in [1.82, 2.24) is 4.57 Å². The molecule has 0 saturated carbocycles. The Morgan fingerprint density at radius 1 is 1.50 bits per heavy atom. The third kappa shape index (κ3) is 1.35. The summed E-state index contributed by atoms with van der Waals surface area (Å²) in [6.07, 6.45) is 1.70. The number of pyridine rings is 1. The van der Waals surface area contributed by atoms with Crippen LogP contribution in [0.5, 0.6) is 5.75 Å². The number of aryl methyl sites for hydroxylation is 1. The largest absolute Gasteiger partial charge is 0.503 e. The minimum Gasteiger partial charge on any atom is -0.503 e. The highest BCUT2D eigenvalue weighted by atomic mass is 16.3. The second kappa shape index (κ2) is 3.01. The van der Waals surface area contributed by atoms with Crippen LogP contribution in [0, 0.1) is 6.92 Å². The summed E-state index contributed by atoms with van der Waals surface area (Å²) in [6.45, 7) is 5.51. The van der Waals surface area contributed by atoms with Crippen LogP contribution in [0.2, 0.25) is 0 Å². The first kappa shape index (κ1) is 8.84. The van der Waals surface area contributed by atoms with E-state index >= 15 is 0 Å². The fourth-order valence-electron chi connectivity index (χ4n) is 1.04. The fraction of sp³-hybridized carbons (Fsp3) is 0.444. The average Bonchev–Trinajstić information content (AvgIpc) is 2.00. The minimum absolute atomic E-state index is 0.0870. The molecule has 3 nitrogen and oxygen atoms in total. The summed E-state index contributed by atoms with van der Waals surface area (Å²) < 4.78 is 1.50. The molecule has 0 aliphatic heterocycles. The maximum Gasteiger partial charge on any atom is 0.293 e. The van der Waals surface area contributed by atoms with Crippen LogP contribution in [0.15, 0.2) is 17.1 Å². The minimum atomic E-state index is -0.315. The third-order valence-electron chi connectivity index (χ3n) is 1.85. The van der Waals surface area contributed by atoms with Crippen LogP contribution < -0.4 is 5.56 Å². The molecule has 0 spiro atoms. The summed E-state index contributed by atoms with van der Waals surface area (Å²) in [4.78, 5) is 11.3. The number of hydrogen-bond donors (Lipinski definition) is 1. The molecule has 0 bridgehead atoms. The lowest BCUT2D eigenvalue weighted by atomic mass is 10.2. The van der Waals surface area contributed by atoms with E-state index in [1.807, 2.05) is 13.8 Å². The Labute approximate surface area is 71.3 Å². The van der Waals surface area contributed by atoms with Gasteiger partial charge in [0.05, 0.1) is 0 Å². The van der Waals surface area contributed by atoms with E-state index in [9.17, 15) is 9.90 Å². The van der Waals surface area contributed by atoms with Crippen molar-refractivity contribution in [2.75, 3.05) is 0 Å². The first-order valence-electron chi connectivity index (χ1n) is 3.94. The van der Waals surface area contributed by atoms with E-state index < -0.39 is 0 Å². The Kier molecular flexibility index (Phi) is 2.22. The molecular formula is C9H13NO2. The maximum absolute atomic E-state index is 11.3. The molecular weight excluding hydrogens is 154 g/mol. The van der Waals surface area contributed by atoms with Gasteiger partial charge in [0.2, 0.25) is 0 Å². The van der Waals surface area contributed by atoms with E-state index in [1.165, 1.54) is 4.57 Å². The van der Waals surface area contributed by atoms with Crippen LogP contribution in [-0.4, -0.2) is 9.67 Å². The summed E-state index contributed by atoms with van der Waals surface area (Å²) in [6, 6.07) is 1.82. The normalized spacial score (nSPS) is 10.7. The highest BCUT2D eigenvalue weighted by Crippen LogP contribution is 2.10. The number of aromatic hydroxyl groups is 1. The van der Waals surface area contributed by atoms with Crippen LogP contribution in [0.3, 0.4) is 0 Å². The van der Waals surface area contributed by atoms with Crippen molar-refractivity contribution in [1.29, 1.82) is 0 Å². The van der Waals surface area contributed by atoms with E-state index in [-0.39, 0.29) is 17.4 Å². The lowest BCUT2D eigenvalue weighted by Crippen LogP contribution is -2.21. The van der Waals surface area contributed by atoms with E-state index in [2.05, 4.69) is 0 Å². The summed E-state index contributed by atoms with van der Waals surface area (Å²) in [7, 11) is 0. The highest BCUT2D eigenvalue weighted by Gasteiger charge is 2.06. The zero-order valence-electron chi connectivity index (χ0n) is 7.53. The molecule has 0 aliphatic carbocycles. The molecule has 0 amide bonds. The first-order chi connectivity index (χ1) is 5.54. The maximum atomic E-state index is 11.3. The standard InChI is InChI=1S/C9H13NO2/c1-6(2)10-5-4-7(3)8(11)9(10)12/h4-6,11H,1-3H3. The van der Waals surface area contributed by atoms with E-state index in [1.54, 1.807) is 19.2 Å². The van der Waals surface area contributed by atoms with Gasteiger partial charge in [0, 0.05) is 12.2 Å². The average molecular weight is 167 g/mol. The van der Waals surface area contributed by atoms with Gasteiger partial charge in [-0.3, -0.25) is 4.79 Å². The molecule has 0 saturated heterocycles. The predicted octanol–water partition coefficient (Wildman–Crippen LogP) is 1.44. The van der Waals surface area contributed by atoms with E-state index in [4.69, 9.17) is 0 Å². The fourth-order valence-corrected chi connectivity index (χ4v) is 1.04. The van der Waals surface area contributed by atoms with Crippen LogP contribution in [0.4, 0.5) is 0 Å². The van der Waals surface area contributed by atoms with Crippen LogP contribution in [0.25, 0.3) is 0 Å². The second-order valence-corrected chi connectivity index (χ2v) is 3.15. The van der Waals surface area contributed by atoms with Gasteiger partial charge in [0.25, 0.3) is 5.56 Å². The number of hydrogen-bond acceptors (Lipinski definition) is 2. The van der Waals surface area contributed by atoms with Crippen molar-refractivity contribution in [2.45, 2.75) is 26.8 Å². The van der Waals surface area contributed by atoms with Crippen LogP contribution in [-0.2, 0) is 0 Å². The Morgan fingerprint density at radius 2 is 2.08 bits per heavy atom. The highest BCUT2D eigenvalue weighted by molar-refractivity contribution is 5.27. The second-order valence-electron chi connectivity index (χ2n) is 3.15. The summed E-state index contributed by atoms with van der Waals surface area (Å²) in [5.41, 5.74) is 0.307. The van der Waals surface area contributed by atoms with Crippen molar-refractivity contribution < 1.29 is 5.11 Å². The van der Waals surface area contributed by atoms with Crippen molar-refractivity contribution >= 4 is 0 Å². The number of nitrogens with zero attached hydrogens (tertiary/aromatic N) is 1. The van der Waals surface area contributed by atoms with Gasteiger partial charge in [0.1, 0.15) is 0 Å². The van der Waals surface area contributed by atoms with Crippen molar-refractivity contribution in [3.63, 3.8) is 0 Å². The molecule has 0 aliphatic rings. The topological polar surface area (TPSA) is 42.2 Å². The molecule has 0 atom stereocenters. The van der Waals surface area contributed by atoms with E-state index in [0.717, 1.165) is 0 Å². The molecule has 66 valence electrons. The molecule has 12 heavy (non-hydrogen) atoms. The molecule has 1 rings (SSSR count). The third-order valence-corrected chi connectivity index (χ3v) is 1.85. The molecule has 0 unspecified atom stereocenters. The van der Waals surface area contributed by atoms with Crippen molar-refractivity contribution in [3.05, 3.63) is 28.2 Å². The lowest BCUT2D eigenvalue weighted by molar-refractivity contribution is 0.445. The molecule has 1 N–H and O–H groups in total. The zero-order valence-corrected chi connectivity index (χ0v) is 7.53. The Hall–Kier alpha value is -1.25. The molecule has 0 fully saturated rings. The van der Waals surface area contributed by atoms with Gasteiger partial charge in [-0.1, -0.05) is 0 Å². The first-order valence-corrected chi connectivity index (χ1v) is 3.94. The quantitative estimate of drug-likeness (QED) is 0.687. The molecule has 1 aromatic rings. The molecule has 1 heterocycles. The van der Waals surface area contributed by atoms with Gasteiger partial charge in [-0.2, -0.15) is 0 Å². The number of aromatic nitrogens is 1. The Balaban J connectivity index is 3.37. The van der Waals surface area contributed by atoms with Gasteiger partial charge in [-0.25, -0.2) is 0 Å². The van der Waals surface area contributed by atoms with Crippen molar-refractivity contribution in [3.8, 4) is 5.75 Å². The summed E-state index contributed by atoms with van der Waals surface area (Å²) >= 11 is 0. The lowest BCUT2D eigenvalue weighted by Gasteiger charge is -2.10. The monoisotopic (exact) mass is 167 g/mol. The number of rotatable bonds is 1. The zero-order chi connectivity index (χ0) is 9.30. The van der Waals surface area contributed by atoms with Crippen LogP contribution >= 0.6 is 0 Å². The summed E-state index contributed by atoms with van der Waals surface area (Å²) in [5.74, 6) is -0.147. The van der Waals surface area contributed by atoms with Gasteiger partial charge in [-0.05, 0) is 32.4 Å². The molecule has 0 aromatic carbocycles. The van der Waals surface area contributed by atoms with Crippen molar-refractivity contribution in [2.24, 2.45) is 0 Å². The van der Waals surface area contributed by atoms with Gasteiger partial charge in [-0.15, -0.1) is 0 Å². The van der Waals surface area contributed by atoms with Crippen LogP contribution in [0.1, 0.15) is 25.5 Å². The predicted molar refractivity (Wildman–Crippen MR) is 47.5 cm³/mol. The molecule has 0 radical (unpaired) electrons. The Bertz CT molecular complexity index is 339. The SMILES string of the molecule is Cc1ccn(C(C)C)c(=O)c1O. The van der Waals surface area contributed by atoms with Gasteiger partial charge in [0.15, 0.2) is 5.75 Å².